The summed E-state index contributed by atoms with van der Waals surface area (Å²) in [5.74, 6) is 1.67. The van der Waals surface area contributed by atoms with Gasteiger partial charge in [0.2, 0.25) is 0 Å². The first-order chi connectivity index (χ1) is 8.01. The van der Waals surface area contributed by atoms with Crippen molar-refractivity contribution in [1.29, 1.82) is 0 Å². The van der Waals surface area contributed by atoms with Crippen molar-refractivity contribution in [2.24, 2.45) is 23.2 Å². The number of allylic oxidation sites excluding steroid dienone is 1. The Morgan fingerprint density at radius 3 is 2.76 bits per heavy atom. The largest absolute Gasteiger partial charge is 0.293 e. The zero-order valence-electron chi connectivity index (χ0n) is 10.4. The summed E-state index contributed by atoms with van der Waals surface area (Å²) in [6.45, 7) is 8.87. The lowest BCUT2D eigenvalue weighted by molar-refractivity contribution is -0.0419. The van der Waals surface area contributed by atoms with Crippen molar-refractivity contribution in [2.45, 2.75) is 26.7 Å². The molecule has 3 atom stereocenters. The molecule has 2 bridgehead atoms. The van der Waals surface area contributed by atoms with E-state index >= 15 is 0 Å². The summed E-state index contributed by atoms with van der Waals surface area (Å²) >= 11 is 1.55. The van der Waals surface area contributed by atoms with Crippen molar-refractivity contribution >= 4 is 17.1 Å². The summed E-state index contributed by atoms with van der Waals surface area (Å²) in [6, 6.07) is 3.89. The van der Waals surface area contributed by atoms with Gasteiger partial charge in [-0.1, -0.05) is 32.1 Å². The van der Waals surface area contributed by atoms with E-state index in [2.05, 4.69) is 20.4 Å². The van der Waals surface area contributed by atoms with Gasteiger partial charge in [-0.3, -0.25) is 4.79 Å². The van der Waals surface area contributed by atoms with Crippen molar-refractivity contribution < 1.29 is 4.79 Å². The molecule has 17 heavy (non-hydrogen) atoms. The average Bonchev–Trinajstić information content (AvgIpc) is 2.81. The average molecular weight is 246 g/mol. The maximum absolute atomic E-state index is 12.4. The molecule has 2 heteroatoms. The Morgan fingerprint density at radius 1 is 1.47 bits per heavy atom. The molecule has 0 spiro atoms. The molecule has 1 aromatic rings. The Bertz CT molecular complexity index is 469. The van der Waals surface area contributed by atoms with Crippen LogP contribution < -0.4 is 0 Å². The topological polar surface area (TPSA) is 17.1 Å². The highest BCUT2D eigenvalue weighted by atomic mass is 32.1. The van der Waals surface area contributed by atoms with Crippen LogP contribution >= 0.6 is 11.3 Å². The van der Waals surface area contributed by atoms with Crippen LogP contribution in [0.25, 0.3) is 0 Å². The van der Waals surface area contributed by atoms with Gasteiger partial charge >= 0.3 is 0 Å². The lowest BCUT2D eigenvalue weighted by atomic mass is 9.45. The van der Waals surface area contributed by atoms with Gasteiger partial charge in [0.1, 0.15) is 0 Å². The van der Waals surface area contributed by atoms with Gasteiger partial charge in [-0.2, -0.15) is 0 Å². The molecule has 0 amide bonds. The molecule has 3 aliphatic rings. The van der Waals surface area contributed by atoms with Crippen molar-refractivity contribution in [2.75, 3.05) is 0 Å². The second kappa shape index (κ2) is 3.55. The Balaban J connectivity index is 1.84. The summed E-state index contributed by atoms with van der Waals surface area (Å²) in [6.07, 6.45) is 2.26. The number of carbonyl (C=O) groups is 1. The first kappa shape index (κ1) is 11.2. The Morgan fingerprint density at radius 2 is 2.24 bits per heavy atom. The van der Waals surface area contributed by atoms with Crippen LogP contribution in [0.15, 0.2) is 29.7 Å². The minimum absolute atomic E-state index is 0.0884. The molecular weight excluding hydrogens is 228 g/mol. The third-order valence-corrected chi connectivity index (χ3v) is 5.85. The molecule has 0 N–H and O–H groups in total. The number of hydrogen-bond acceptors (Lipinski definition) is 2. The second-order valence-electron chi connectivity index (χ2n) is 6.01. The molecule has 0 aromatic carbocycles. The molecule has 4 rings (SSSR count). The van der Waals surface area contributed by atoms with Gasteiger partial charge < -0.3 is 0 Å². The highest BCUT2D eigenvalue weighted by molar-refractivity contribution is 7.12. The summed E-state index contributed by atoms with van der Waals surface area (Å²) in [7, 11) is 0. The minimum atomic E-state index is 0.0884. The number of ketones is 1. The first-order valence-corrected chi connectivity index (χ1v) is 7.16. The van der Waals surface area contributed by atoms with Crippen LogP contribution in [0.4, 0.5) is 0 Å². The third-order valence-electron chi connectivity index (χ3n) is 4.97. The molecular formula is C15H18OS. The Labute approximate surface area is 107 Å². The lowest BCUT2D eigenvalue weighted by Gasteiger charge is -2.59. The van der Waals surface area contributed by atoms with E-state index < -0.39 is 0 Å². The van der Waals surface area contributed by atoms with Gasteiger partial charge in [0.15, 0.2) is 5.78 Å². The fourth-order valence-corrected chi connectivity index (χ4v) is 4.31. The maximum Gasteiger partial charge on any atom is 0.179 e. The number of rotatable bonds is 2. The van der Waals surface area contributed by atoms with E-state index in [1.807, 2.05) is 17.5 Å². The number of carbonyl (C=O) groups excluding carboxylic acids is 1. The van der Waals surface area contributed by atoms with Crippen molar-refractivity contribution in [1.82, 2.24) is 0 Å². The van der Waals surface area contributed by atoms with Crippen LogP contribution in [-0.4, -0.2) is 5.78 Å². The van der Waals surface area contributed by atoms with E-state index in [4.69, 9.17) is 0 Å². The SMILES string of the molecule is C=C1C(C(=O)c2cccs2)CC2CC1C2(C)C. The van der Waals surface area contributed by atoms with Crippen molar-refractivity contribution in [3.8, 4) is 0 Å². The van der Waals surface area contributed by atoms with Crippen molar-refractivity contribution in [3.05, 3.63) is 34.5 Å². The van der Waals surface area contributed by atoms with E-state index in [-0.39, 0.29) is 5.92 Å². The molecule has 3 unspecified atom stereocenters. The molecule has 1 nitrogen and oxygen atoms in total. The van der Waals surface area contributed by atoms with Gasteiger partial charge in [-0.15, -0.1) is 11.3 Å². The summed E-state index contributed by atoms with van der Waals surface area (Å²) in [5, 5.41) is 1.98. The zero-order chi connectivity index (χ0) is 12.2. The fourth-order valence-electron chi connectivity index (χ4n) is 3.59. The molecule has 3 aliphatic carbocycles. The lowest BCUT2D eigenvalue weighted by Crippen LogP contribution is -2.53. The normalized spacial score (nSPS) is 34.2. The summed E-state index contributed by atoms with van der Waals surface area (Å²) in [5.41, 5.74) is 1.57. The molecule has 90 valence electrons. The quantitative estimate of drug-likeness (QED) is 0.565. The first-order valence-electron chi connectivity index (χ1n) is 6.28. The Hall–Kier alpha value is -0.890. The predicted octanol–water partition coefficient (Wildman–Crippen LogP) is 4.17. The molecule has 1 aromatic heterocycles. The number of fused-ring (bicyclic) bond motifs is 2. The van der Waals surface area contributed by atoms with Crippen LogP contribution in [0.2, 0.25) is 0 Å². The minimum Gasteiger partial charge on any atom is -0.293 e. The molecule has 3 saturated carbocycles. The number of thiophene rings is 1. The summed E-state index contributed by atoms with van der Waals surface area (Å²) < 4.78 is 0. The van der Waals surface area contributed by atoms with E-state index in [0.717, 1.165) is 11.3 Å². The Kier molecular flexibility index (Phi) is 2.34. The van der Waals surface area contributed by atoms with Crippen LogP contribution in [0, 0.1) is 23.2 Å². The summed E-state index contributed by atoms with van der Waals surface area (Å²) in [4.78, 5) is 13.3. The highest BCUT2D eigenvalue weighted by Crippen LogP contribution is 2.62. The number of hydrogen-bond donors (Lipinski definition) is 0. The van der Waals surface area contributed by atoms with Gasteiger partial charge in [-0.25, -0.2) is 0 Å². The van der Waals surface area contributed by atoms with E-state index in [9.17, 15) is 4.79 Å². The van der Waals surface area contributed by atoms with Crippen LogP contribution in [-0.2, 0) is 0 Å². The van der Waals surface area contributed by atoms with Crippen LogP contribution in [0.5, 0.6) is 0 Å². The fraction of sp³-hybridized carbons (Fsp3) is 0.533. The molecule has 0 saturated heterocycles. The molecule has 0 radical (unpaired) electrons. The van der Waals surface area contributed by atoms with Crippen molar-refractivity contribution in [3.63, 3.8) is 0 Å². The predicted molar refractivity (Wildman–Crippen MR) is 71.3 cm³/mol. The van der Waals surface area contributed by atoms with E-state index in [1.54, 1.807) is 11.3 Å². The van der Waals surface area contributed by atoms with Gasteiger partial charge in [-0.05, 0) is 41.5 Å². The second-order valence-corrected chi connectivity index (χ2v) is 6.96. The third kappa shape index (κ3) is 1.46. The molecule has 3 fully saturated rings. The van der Waals surface area contributed by atoms with Gasteiger partial charge in [0, 0.05) is 5.92 Å². The highest BCUT2D eigenvalue weighted by Gasteiger charge is 2.55. The standard InChI is InChI=1S/C15H18OS/c1-9-11(14(16)13-5-4-6-17-13)7-10-8-12(9)15(10,2)3/h4-6,10-12H,1,7-8H2,2-3H3. The van der Waals surface area contributed by atoms with Gasteiger partial charge in [0.25, 0.3) is 0 Å². The zero-order valence-corrected chi connectivity index (χ0v) is 11.2. The maximum atomic E-state index is 12.4. The molecule has 0 aliphatic heterocycles. The monoisotopic (exact) mass is 246 g/mol. The van der Waals surface area contributed by atoms with E-state index in [0.29, 0.717) is 23.0 Å². The smallest absolute Gasteiger partial charge is 0.179 e. The van der Waals surface area contributed by atoms with Gasteiger partial charge in [0.05, 0.1) is 4.88 Å². The van der Waals surface area contributed by atoms with Crippen LogP contribution in [0.3, 0.4) is 0 Å². The number of Topliss-reactive ketones (excluding diaryl/α,β-unsaturated/α-hetero) is 1. The van der Waals surface area contributed by atoms with E-state index in [1.165, 1.54) is 12.0 Å². The molecule has 1 heterocycles. The van der Waals surface area contributed by atoms with Crippen LogP contribution in [0.1, 0.15) is 36.4 Å².